The number of carbonyl (C=O) groups excluding carboxylic acids is 2. The zero-order valence-electron chi connectivity index (χ0n) is 14.6. The van der Waals surface area contributed by atoms with Crippen LogP contribution in [0.4, 0.5) is 0 Å². The van der Waals surface area contributed by atoms with E-state index in [0.717, 1.165) is 12.8 Å². The number of ether oxygens (including phenoxy) is 1. The molecule has 0 unspecified atom stereocenters. The van der Waals surface area contributed by atoms with Crippen LogP contribution in [0.1, 0.15) is 23.2 Å². The molecule has 2 N–H and O–H groups in total. The summed E-state index contributed by atoms with van der Waals surface area (Å²) in [5, 5.41) is 0. The minimum atomic E-state index is -3.28. The summed E-state index contributed by atoms with van der Waals surface area (Å²) in [6.07, 6.45) is 2.92. The van der Waals surface area contributed by atoms with E-state index in [-0.39, 0.29) is 24.5 Å². The maximum atomic E-state index is 13.0. The largest absolute Gasteiger partial charge is 0.484 e. The van der Waals surface area contributed by atoms with E-state index >= 15 is 0 Å². The minimum absolute atomic E-state index is 0.133. The molecule has 2 amide bonds. The normalized spacial score (nSPS) is 23.5. The van der Waals surface area contributed by atoms with Gasteiger partial charge >= 0.3 is 0 Å². The third kappa shape index (κ3) is 4.16. The molecule has 1 aromatic carbocycles. The summed E-state index contributed by atoms with van der Waals surface area (Å²) in [5.74, 6) is -0.207. The maximum absolute atomic E-state index is 13.0. The molecule has 0 spiro atoms. The van der Waals surface area contributed by atoms with Gasteiger partial charge in [-0.2, -0.15) is 4.31 Å². The van der Waals surface area contributed by atoms with E-state index in [2.05, 4.69) is 0 Å². The Labute approximate surface area is 152 Å². The third-order valence-electron chi connectivity index (χ3n) is 4.87. The number of piperidine rings is 1. The van der Waals surface area contributed by atoms with E-state index in [0.29, 0.717) is 30.9 Å². The van der Waals surface area contributed by atoms with Gasteiger partial charge in [-0.15, -0.1) is 0 Å². The number of hydrogen-bond donors (Lipinski definition) is 1. The second kappa shape index (κ2) is 7.24. The van der Waals surface area contributed by atoms with Gasteiger partial charge in [0.05, 0.1) is 6.26 Å². The molecule has 4 rings (SSSR count). The molecular formula is C17H23N3O5S. The summed E-state index contributed by atoms with van der Waals surface area (Å²) < 4.78 is 30.6. The highest BCUT2D eigenvalue weighted by atomic mass is 32.2. The van der Waals surface area contributed by atoms with Crippen LogP contribution in [-0.4, -0.2) is 68.0 Å². The molecule has 1 aromatic rings. The highest BCUT2D eigenvalue weighted by Crippen LogP contribution is 2.30. The molecule has 0 radical (unpaired) electrons. The molecule has 0 aromatic heterocycles. The molecule has 3 aliphatic heterocycles. The van der Waals surface area contributed by atoms with Crippen LogP contribution in [0.3, 0.4) is 0 Å². The lowest BCUT2D eigenvalue weighted by Crippen LogP contribution is -2.47. The monoisotopic (exact) mass is 381 g/mol. The summed E-state index contributed by atoms with van der Waals surface area (Å²) in [4.78, 5) is 25.6. The van der Waals surface area contributed by atoms with E-state index in [1.165, 1.54) is 10.6 Å². The van der Waals surface area contributed by atoms with E-state index in [1.807, 2.05) is 0 Å². The smallest absolute Gasteiger partial charge is 0.255 e. The number of sulfonamides is 1. The summed E-state index contributed by atoms with van der Waals surface area (Å²) in [7, 11) is -3.28. The van der Waals surface area contributed by atoms with Gasteiger partial charge in [0.15, 0.2) is 6.61 Å². The van der Waals surface area contributed by atoms with Crippen LogP contribution in [0.25, 0.3) is 0 Å². The zero-order chi connectivity index (χ0) is 18.9. The molecule has 0 aliphatic carbocycles. The number of primary amides is 1. The van der Waals surface area contributed by atoms with Gasteiger partial charge in [-0.25, -0.2) is 8.42 Å². The topological polar surface area (TPSA) is 110 Å². The van der Waals surface area contributed by atoms with Crippen molar-refractivity contribution in [3.63, 3.8) is 0 Å². The molecule has 2 bridgehead atoms. The van der Waals surface area contributed by atoms with Crippen molar-refractivity contribution in [1.82, 2.24) is 9.21 Å². The van der Waals surface area contributed by atoms with E-state index in [1.54, 1.807) is 29.2 Å². The second-order valence-corrected chi connectivity index (χ2v) is 8.90. The van der Waals surface area contributed by atoms with Crippen LogP contribution in [0.15, 0.2) is 24.3 Å². The Balaban J connectivity index is 1.78. The van der Waals surface area contributed by atoms with Crippen LogP contribution in [0.2, 0.25) is 0 Å². The number of nitrogens with zero attached hydrogens (tertiary/aromatic N) is 2. The first kappa shape index (κ1) is 18.7. The predicted molar refractivity (Wildman–Crippen MR) is 95.1 cm³/mol. The van der Waals surface area contributed by atoms with E-state index in [4.69, 9.17) is 10.5 Å². The summed E-state index contributed by atoms with van der Waals surface area (Å²) >= 11 is 0. The molecule has 3 fully saturated rings. The molecule has 26 heavy (non-hydrogen) atoms. The number of amides is 2. The standard InChI is InChI=1S/C17H23N3O5S/c1-26(23,24)19-8-12-5-6-14(10-19)20(9-12)17(22)13-3-2-4-15(7-13)25-11-16(18)21/h2-4,7,12,14H,5-6,8-11H2,1H3,(H2,18,21)/t12-,14+/m0/s1. The summed E-state index contributed by atoms with van der Waals surface area (Å²) in [6, 6.07) is 6.47. The van der Waals surface area contributed by atoms with Crippen molar-refractivity contribution in [3.05, 3.63) is 29.8 Å². The van der Waals surface area contributed by atoms with Crippen molar-refractivity contribution in [2.24, 2.45) is 11.7 Å². The quantitative estimate of drug-likeness (QED) is 0.775. The molecule has 3 saturated heterocycles. The van der Waals surface area contributed by atoms with Gasteiger partial charge in [-0.05, 0) is 37.0 Å². The van der Waals surface area contributed by atoms with Gasteiger partial charge in [-0.3, -0.25) is 9.59 Å². The average molecular weight is 381 g/mol. The van der Waals surface area contributed by atoms with Gasteiger partial charge in [-0.1, -0.05) is 6.07 Å². The van der Waals surface area contributed by atoms with Crippen molar-refractivity contribution in [3.8, 4) is 5.75 Å². The van der Waals surface area contributed by atoms with Crippen molar-refractivity contribution >= 4 is 21.8 Å². The Hall–Kier alpha value is -2.13. The van der Waals surface area contributed by atoms with Crippen molar-refractivity contribution in [1.29, 1.82) is 0 Å². The zero-order valence-corrected chi connectivity index (χ0v) is 15.4. The molecule has 3 heterocycles. The lowest BCUT2D eigenvalue weighted by Gasteiger charge is -2.36. The first-order valence-corrected chi connectivity index (χ1v) is 10.4. The summed E-state index contributed by atoms with van der Waals surface area (Å²) in [6.45, 7) is 1.08. The molecule has 9 heteroatoms. The van der Waals surface area contributed by atoms with Crippen molar-refractivity contribution in [2.45, 2.75) is 18.9 Å². The molecule has 0 saturated carbocycles. The fourth-order valence-corrected chi connectivity index (χ4v) is 4.52. The van der Waals surface area contributed by atoms with Gasteiger partial charge in [0.2, 0.25) is 10.0 Å². The highest BCUT2D eigenvalue weighted by molar-refractivity contribution is 7.88. The van der Waals surface area contributed by atoms with Crippen LogP contribution in [0, 0.1) is 5.92 Å². The molecule has 2 atom stereocenters. The highest BCUT2D eigenvalue weighted by Gasteiger charge is 2.39. The SMILES string of the molecule is CS(=O)(=O)N1C[C@@H]2CC[C@H](C1)N(C(=O)c1cccc(OCC(N)=O)c1)C2. The van der Waals surface area contributed by atoms with Crippen molar-refractivity contribution < 1.29 is 22.7 Å². The maximum Gasteiger partial charge on any atom is 0.255 e. The van der Waals surface area contributed by atoms with Crippen LogP contribution >= 0.6 is 0 Å². The number of nitrogens with two attached hydrogens (primary N) is 1. The van der Waals surface area contributed by atoms with Gasteiger partial charge < -0.3 is 15.4 Å². The molecule has 8 nitrogen and oxygen atoms in total. The lowest BCUT2D eigenvalue weighted by molar-refractivity contribution is -0.119. The second-order valence-electron chi connectivity index (χ2n) is 6.92. The number of hydrogen-bond acceptors (Lipinski definition) is 5. The van der Waals surface area contributed by atoms with E-state index < -0.39 is 15.9 Å². The predicted octanol–water partition coefficient (Wildman–Crippen LogP) is 0.0467. The van der Waals surface area contributed by atoms with Crippen LogP contribution in [-0.2, 0) is 14.8 Å². The first-order valence-electron chi connectivity index (χ1n) is 8.51. The number of fused-ring (bicyclic) bond motifs is 4. The first-order chi connectivity index (χ1) is 12.2. The van der Waals surface area contributed by atoms with Gasteiger partial charge in [0.1, 0.15) is 5.75 Å². The summed E-state index contributed by atoms with van der Waals surface area (Å²) in [5.41, 5.74) is 5.52. The molecule has 3 aliphatic rings. The Bertz CT molecular complexity index is 810. The fourth-order valence-electron chi connectivity index (χ4n) is 3.60. The van der Waals surface area contributed by atoms with Crippen LogP contribution in [0.5, 0.6) is 5.75 Å². The lowest BCUT2D eigenvalue weighted by atomic mass is 9.94. The number of rotatable bonds is 5. The Morgan fingerprint density at radius 3 is 2.69 bits per heavy atom. The third-order valence-corrected chi connectivity index (χ3v) is 6.11. The van der Waals surface area contributed by atoms with Gasteiger partial charge in [0, 0.05) is 31.2 Å². The van der Waals surface area contributed by atoms with Crippen LogP contribution < -0.4 is 10.5 Å². The number of benzene rings is 1. The number of carbonyl (C=O) groups is 2. The fraction of sp³-hybridized carbons (Fsp3) is 0.529. The Kier molecular flexibility index (Phi) is 5.19. The van der Waals surface area contributed by atoms with Gasteiger partial charge in [0.25, 0.3) is 11.8 Å². The van der Waals surface area contributed by atoms with Crippen molar-refractivity contribution in [2.75, 3.05) is 32.5 Å². The minimum Gasteiger partial charge on any atom is -0.484 e. The van der Waals surface area contributed by atoms with E-state index in [9.17, 15) is 18.0 Å². The average Bonchev–Trinajstić information content (AvgIpc) is 2.91. The molecular weight excluding hydrogens is 358 g/mol. The Morgan fingerprint density at radius 2 is 2.00 bits per heavy atom. The molecule has 142 valence electrons. The Morgan fingerprint density at radius 1 is 1.23 bits per heavy atom.